The third-order valence-electron chi connectivity index (χ3n) is 6.30. The van der Waals surface area contributed by atoms with Crippen LogP contribution in [0, 0.1) is 0 Å². The third-order valence-corrected chi connectivity index (χ3v) is 6.30. The quantitative estimate of drug-likeness (QED) is 0.537. The fourth-order valence-corrected chi connectivity index (χ4v) is 4.44. The SMILES string of the molecule is COc1ccc2[nH]cc(C3CCN(CC(=O)N(C)Cc4ccc(OC(F)F)cc4)CC3)c2c1. The summed E-state index contributed by atoms with van der Waals surface area (Å²) < 4.78 is 34.3. The summed E-state index contributed by atoms with van der Waals surface area (Å²) in [6, 6.07) is 12.5. The fourth-order valence-electron chi connectivity index (χ4n) is 4.44. The molecule has 0 aliphatic carbocycles. The number of hydrogen-bond donors (Lipinski definition) is 1. The van der Waals surface area contributed by atoms with Gasteiger partial charge >= 0.3 is 6.61 Å². The standard InChI is InChI=1S/C25H29F2N3O3/c1-29(15-17-3-5-19(6-4-17)33-25(26)27)24(31)16-30-11-9-18(10-12-30)22-14-28-23-8-7-20(32-2)13-21(22)23/h3-8,13-14,18,25,28H,9-12,15-16H2,1-2H3. The second-order valence-electron chi connectivity index (χ2n) is 8.48. The molecule has 2 aromatic carbocycles. The van der Waals surface area contributed by atoms with E-state index in [1.165, 1.54) is 23.1 Å². The summed E-state index contributed by atoms with van der Waals surface area (Å²) in [5.41, 5.74) is 3.28. The Bertz CT molecular complexity index is 1080. The van der Waals surface area contributed by atoms with Crippen molar-refractivity contribution in [1.29, 1.82) is 0 Å². The van der Waals surface area contributed by atoms with E-state index in [-0.39, 0.29) is 11.7 Å². The summed E-state index contributed by atoms with van der Waals surface area (Å²) in [4.78, 5) is 19.9. The number of nitrogens with zero attached hydrogens (tertiary/aromatic N) is 2. The van der Waals surface area contributed by atoms with E-state index in [9.17, 15) is 13.6 Å². The third kappa shape index (κ3) is 5.63. The highest BCUT2D eigenvalue weighted by Crippen LogP contribution is 2.34. The Labute approximate surface area is 192 Å². The number of ether oxygens (including phenoxy) is 2. The van der Waals surface area contributed by atoms with Gasteiger partial charge in [0.2, 0.25) is 5.91 Å². The maximum atomic E-state index is 12.7. The zero-order valence-electron chi connectivity index (χ0n) is 18.9. The van der Waals surface area contributed by atoms with Crippen LogP contribution in [0.4, 0.5) is 8.78 Å². The van der Waals surface area contributed by atoms with Crippen molar-refractivity contribution in [3.63, 3.8) is 0 Å². The topological polar surface area (TPSA) is 57.8 Å². The number of halogens is 2. The first-order valence-electron chi connectivity index (χ1n) is 11.1. The summed E-state index contributed by atoms with van der Waals surface area (Å²) in [6.07, 6.45) is 4.08. The summed E-state index contributed by atoms with van der Waals surface area (Å²) in [6.45, 7) is -0.330. The molecule has 8 heteroatoms. The number of aromatic amines is 1. The van der Waals surface area contributed by atoms with E-state index < -0.39 is 6.61 Å². The molecule has 0 bridgehead atoms. The zero-order chi connectivity index (χ0) is 23.4. The van der Waals surface area contributed by atoms with Gasteiger partial charge < -0.3 is 19.4 Å². The van der Waals surface area contributed by atoms with Crippen molar-refractivity contribution < 1.29 is 23.0 Å². The molecule has 1 saturated heterocycles. The number of hydrogen-bond acceptors (Lipinski definition) is 4. The second kappa shape index (κ2) is 10.2. The van der Waals surface area contributed by atoms with Crippen molar-refractivity contribution in [2.45, 2.75) is 31.9 Å². The van der Waals surface area contributed by atoms with Gasteiger partial charge in [-0.1, -0.05) is 12.1 Å². The number of alkyl halides is 2. The maximum absolute atomic E-state index is 12.7. The monoisotopic (exact) mass is 457 g/mol. The number of likely N-dealkylation sites (tertiary alicyclic amines) is 1. The van der Waals surface area contributed by atoms with Crippen LogP contribution >= 0.6 is 0 Å². The van der Waals surface area contributed by atoms with Crippen LogP contribution in [0.5, 0.6) is 11.5 Å². The first kappa shape index (κ1) is 23.0. The average Bonchev–Trinajstić information content (AvgIpc) is 3.23. The first-order chi connectivity index (χ1) is 15.9. The van der Waals surface area contributed by atoms with E-state index in [4.69, 9.17) is 4.74 Å². The lowest BCUT2D eigenvalue weighted by atomic mass is 9.89. The molecule has 176 valence electrons. The minimum absolute atomic E-state index is 0.0400. The maximum Gasteiger partial charge on any atom is 0.387 e. The van der Waals surface area contributed by atoms with Crippen LogP contribution in [0.3, 0.4) is 0 Å². The van der Waals surface area contributed by atoms with Gasteiger partial charge in [-0.2, -0.15) is 8.78 Å². The Hall–Kier alpha value is -3.13. The first-order valence-corrected chi connectivity index (χ1v) is 11.1. The molecular weight excluding hydrogens is 428 g/mol. The molecule has 3 aromatic rings. The highest BCUT2D eigenvalue weighted by molar-refractivity contribution is 5.85. The lowest BCUT2D eigenvalue weighted by molar-refractivity contribution is -0.131. The molecule has 1 aliphatic heterocycles. The van der Waals surface area contributed by atoms with E-state index in [2.05, 4.69) is 26.9 Å². The van der Waals surface area contributed by atoms with Crippen LogP contribution in [0.25, 0.3) is 10.9 Å². The van der Waals surface area contributed by atoms with Gasteiger partial charge in [0.1, 0.15) is 11.5 Å². The van der Waals surface area contributed by atoms with Gasteiger partial charge in [0, 0.05) is 30.7 Å². The highest BCUT2D eigenvalue weighted by atomic mass is 19.3. The van der Waals surface area contributed by atoms with Crippen LogP contribution < -0.4 is 9.47 Å². The number of fused-ring (bicyclic) bond motifs is 1. The van der Waals surface area contributed by atoms with E-state index >= 15 is 0 Å². The normalized spacial score (nSPS) is 15.2. The van der Waals surface area contributed by atoms with Gasteiger partial charge in [-0.05, 0) is 73.3 Å². The molecule has 4 rings (SSSR count). The average molecular weight is 458 g/mol. The van der Waals surface area contributed by atoms with Crippen LogP contribution in [0.15, 0.2) is 48.7 Å². The van der Waals surface area contributed by atoms with Crippen LogP contribution in [-0.2, 0) is 11.3 Å². The van der Waals surface area contributed by atoms with Gasteiger partial charge in [-0.25, -0.2) is 0 Å². The number of methoxy groups -OCH3 is 1. The molecular formula is C25H29F2N3O3. The molecule has 1 amide bonds. The summed E-state index contributed by atoms with van der Waals surface area (Å²) >= 11 is 0. The van der Waals surface area contributed by atoms with Crippen molar-refractivity contribution >= 4 is 16.8 Å². The number of rotatable bonds is 8. The number of aromatic nitrogens is 1. The van der Waals surface area contributed by atoms with Gasteiger partial charge in [0.25, 0.3) is 0 Å². The smallest absolute Gasteiger partial charge is 0.387 e. The van der Waals surface area contributed by atoms with E-state index in [1.54, 1.807) is 31.2 Å². The molecule has 1 N–H and O–H groups in total. The Kier molecular flexibility index (Phi) is 7.13. The van der Waals surface area contributed by atoms with Gasteiger partial charge in [-0.3, -0.25) is 9.69 Å². The van der Waals surface area contributed by atoms with Crippen LogP contribution in [0.2, 0.25) is 0 Å². The summed E-state index contributed by atoms with van der Waals surface area (Å²) in [5.74, 6) is 1.45. The minimum atomic E-state index is -2.84. The molecule has 1 aromatic heterocycles. The second-order valence-corrected chi connectivity index (χ2v) is 8.48. The van der Waals surface area contributed by atoms with Gasteiger partial charge in [-0.15, -0.1) is 0 Å². The van der Waals surface area contributed by atoms with Gasteiger partial charge in [0.05, 0.1) is 13.7 Å². The molecule has 6 nitrogen and oxygen atoms in total. The molecule has 33 heavy (non-hydrogen) atoms. The van der Waals surface area contributed by atoms with Crippen molar-refractivity contribution in [3.05, 3.63) is 59.8 Å². The lowest BCUT2D eigenvalue weighted by Gasteiger charge is -2.32. The Morgan fingerprint density at radius 1 is 1.15 bits per heavy atom. The highest BCUT2D eigenvalue weighted by Gasteiger charge is 2.25. The fraction of sp³-hybridized carbons (Fsp3) is 0.400. The van der Waals surface area contributed by atoms with Crippen LogP contribution in [-0.4, -0.2) is 61.1 Å². The number of amides is 1. The number of carbonyl (C=O) groups excluding carboxylic acids is 1. The van der Waals surface area contributed by atoms with Crippen molar-refractivity contribution in [2.75, 3.05) is 33.8 Å². The molecule has 2 heterocycles. The van der Waals surface area contributed by atoms with E-state index in [0.29, 0.717) is 19.0 Å². The molecule has 0 unspecified atom stereocenters. The Balaban J connectivity index is 1.28. The molecule has 0 atom stereocenters. The predicted molar refractivity (Wildman–Crippen MR) is 123 cm³/mol. The lowest BCUT2D eigenvalue weighted by Crippen LogP contribution is -2.41. The zero-order valence-corrected chi connectivity index (χ0v) is 18.9. The number of likely N-dealkylation sites (N-methyl/N-ethyl adjacent to an activating group) is 1. The van der Waals surface area contributed by atoms with Gasteiger partial charge in [0.15, 0.2) is 0 Å². The Morgan fingerprint density at radius 3 is 2.52 bits per heavy atom. The molecule has 0 spiro atoms. The minimum Gasteiger partial charge on any atom is -0.497 e. The van der Waals surface area contributed by atoms with Crippen molar-refractivity contribution in [1.82, 2.24) is 14.8 Å². The van der Waals surface area contributed by atoms with Crippen molar-refractivity contribution in [3.8, 4) is 11.5 Å². The van der Waals surface area contributed by atoms with Crippen LogP contribution in [0.1, 0.15) is 29.9 Å². The molecule has 0 saturated carbocycles. The number of nitrogens with one attached hydrogen (secondary N) is 1. The number of H-pyrrole nitrogens is 1. The molecule has 1 aliphatic rings. The summed E-state index contributed by atoms with van der Waals surface area (Å²) in [7, 11) is 3.44. The van der Waals surface area contributed by atoms with Crippen molar-refractivity contribution in [2.24, 2.45) is 0 Å². The predicted octanol–water partition coefficient (Wildman–Crippen LogP) is 4.62. The number of carbonyl (C=O) groups is 1. The molecule has 0 radical (unpaired) electrons. The van der Waals surface area contributed by atoms with E-state index in [1.807, 2.05) is 12.1 Å². The Morgan fingerprint density at radius 2 is 1.85 bits per heavy atom. The largest absolute Gasteiger partial charge is 0.497 e. The van der Waals surface area contributed by atoms with E-state index in [0.717, 1.165) is 42.8 Å². The molecule has 1 fully saturated rings. The summed E-state index contributed by atoms with van der Waals surface area (Å²) in [5, 5.41) is 1.20. The number of piperidine rings is 1. The number of benzene rings is 2.